The number of rotatable bonds is 7. The van der Waals surface area contributed by atoms with Crippen LogP contribution in [0.25, 0.3) is 66.6 Å². The van der Waals surface area contributed by atoms with Crippen LogP contribution in [-0.2, 0) is 42.0 Å². The molecule has 3 heterocycles. The summed E-state index contributed by atoms with van der Waals surface area (Å²) in [6.45, 7) is 20.7. The summed E-state index contributed by atoms with van der Waals surface area (Å²) in [4.78, 5) is 4.93. The predicted molar refractivity (Wildman–Crippen MR) is 288 cm³/mol. The van der Waals surface area contributed by atoms with Crippen LogP contribution in [0.4, 0.5) is 0 Å². The average Bonchev–Trinajstić information content (AvgIpc) is 3.83. The number of imidazole rings is 1. The Balaban J connectivity index is 1.06. The fourth-order valence-corrected chi connectivity index (χ4v) is 11.8. The summed E-state index contributed by atoms with van der Waals surface area (Å²) < 4.78 is 15.6. The van der Waals surface area contributed by atoms with Crippen molar-refractivity contribution in [1.29, 1.82) is 0 Å². The van der Waals surface area contributed by atoms with Gasteiger partial charge in [-0.1, -0.05) is 39.0 Å². The maximum atomic E-state index is 6.94. The standard InChI is InChI=1S/C64H62N4O.Pt/c1-62(2,3)45-33-34-65-60(38-45)68-56-25-14-13-22-52(56)53-32-31-49(40-59(53)68)69-48-30-29-43-21-17-28-55(54(43)39-48)66-41-67(58-27-16-15-26-57(58)66)61-50(42-19-11-10-12-20-42)23-18-24-51(61)44-35-46(63(4,5)6)37-47(36-44)64(7,8)9;/h10-16,18-20,22-27,29-40,55H,17,21,28H2,1-9H3;. The van der Waals surface area contributed by atoms with E-state index in [1.165, 1.54) is 81.4 Å². The van der Waals surface area contributed by atoms with E-state index in [1.807, 2.05) is 6.20 Å². The van der Waals surface area contributed by atoms with Gasteiger partial charge in [0.1, 0.15) is 0 Å². The molecule has 11 rings (SSSR count). The first-order chi connectivity index (χ1) is 33.5. The van der Waals surface area contributed by atoms with Crippen LogP contribution in [0.3, 0.4) is 0 Å². The zero-order valence-corrected chi connectivity index (χ0v) is 44.2. The van der Waals surface area contributed by atoms with Gasteiger partial charge in [0.05, 0.1) is 0 Å². The van der Waals surface area contributed by atoms with Crippen LogP contribution < -0.4 is 4.74 Å². The van der Waals surface area contributed by atoms with Crippen LogP contribution in [0.2, 0.25) is 0 Å². The number of ether oxygens (including phenoxy) is 1. The fraction of sp³-hybridized carbons (Fsp3) is 0.250. The first-order valence-electron chi connectivity index (χ1n) is 24.9. The second-order valence-corrected chi connectivity index (χ2v) is 23.4. The summed E-state index contributed by atoms with van der Waals surface area (Å²) >= 11 is 2.63. The molecule has 6 heteroatoms. The van der Waals surface area contributed by atoms with E-state index >= 15 is 0 Å². The zero-order chi connectivity index (χ0) is 48.7. The molecule has 0 saturated heterocycles. The van der Waals surface area contributed by atoms with Gasteiger partial charge < -0.3 is 0 Å². The second kappa shape index (κ2) is 17.4. The minimum absolute atomic E-state index is 0.00890. The molecule has 0 spiro atoms. The van der Waals surface area contributed by atoms with Crippen molar-refractivity contribution in [2.24, 2.45) is 0 Å². The SMILES string of the molecule is CC(C)(C)c1cc(-c2cccc(-c3ccccc3)c2-n2[c](=[Pt])n(C3CCCc4ccc(Oc5ccc6c7ccccc7n(-c7cc(C(C)(C)C)ccn7)c6c5)cc43)c3ccccc32)cc(C(C)(C)C)c1. The van der Waals surface area contributed by atoms with Gasteiger partial charge in [-0.05, 0) is 29.2 Å². The van der Waals surface area contributed by atoms with E-state index in [0.29, 0.717) is 0 Å². The molecule has 1 unspecified atom stereocenters. The van der Waals surface area contributed by atoms with Crippen molar-refractivity contribution in [1.82, 2.24) is 18.7 Å². The van der Waals surface area contributed by atoms with Gasteiger partial charge in [-0.25, -0.2) is 4.98 Å². The van der Waals surface area contributed by atoms with Gasteiger partial charge >= 0.3 is 347 Å². The van der Waals surface area contributed by atoms with Crippen molar-refractivity contribution in [2.75, 3.05) is 0 Å². The number of hydrogen-bond acceptors (Lipinski definition) is 2. The van der Waals surface area contributed by atoms with E-state index in [1.54, 1.807) is 0 Å². The number of hydrogen-bond donors (Lipinski definition) is 0. The minimum atomic E-state index is -0.0231. The third-order valence-corrected chi connectivity index (χ3v) is 15.5. The van der Waals surface area contributed by atoms with Gasteiger partial charge in [-0.15, -0.1) is 0 Å². The molecule has 3 aromatic heterocycles. The normalized spacial score (nSPS) is 14.4. The van der Waals surface area contributed by atoms with Crippen LogP contribution >= 0.6 is 0 Å². The van der Waals surface area contributed by atoms with Gasteiger partial charge in [0, 0.05) is 6.20 Å². The molecule has 354 valence electrons. The molecule has 10 aromatic rings. The third-order valence-electron chi connectivity index (χ3n) is 14.5. The maximum absolute atomic E-state index is 6.94. The van der Waals surface area contributed by atoms with Crippen molar-refractivity contribution < 1.29 is 24.1 Å². The Labute approximate surface area is 423 Å². The van der Waals surface area contributed by atoms with Crippen LogP contribution in [0.1, 0.15) is 109 Å². The molecule has 0 N–H and O–H groups in total. The average molecular weight is 1100 g/mol. The first kappa shape index (κ1) is 45.9. The van der Waals surface area contributed by atoms with Crippen LogP contribution in [0.15, 0.2) is 170 Å². The Morgan fingerprint density at radius 3 is 1.84 bits per heavy atom. The van der Waals surface area contributed by atoms with Crippen LogP contribution in [0, 0.1) is 3.80 Å². The molecule has 1 aliphatic rings. The third kappa shape index (κ3) is 8.20. The topological polar surface area (TPSA) is 36.9 Å². The van der Waals surface area contributed by atoms with Crippen LogP contribution in [0.5, 0.6) is 11.5 Å². The van der Waals surface area contributed by atoms with Gasteiger partial charge in [0.2, 0.25) is 0 Å². The Hall–Kier alpha value is -6.55. The Kier molecular flexibility index (Phi) is 11.4. The summed E-state index contributed by atoms with van der Waals surface area (Å²) in [5, 5.41) is 2.37. The summed E-state index contributed by atoms with van der Waals surface area (Å²) in [5.74, 6) is 2.54. The molecular formula is C64H62N4OPt. The van der Waals surface area contributed by atoms with Crippen molar-refractivity contribution in [3.63, 3.8) is 0 Å². The molecule has 1 aliphatic carbocycles. The number of aryl methyl sites for hydroxylation is 1. The van der Waals surface area contributed by atoms with Crippen molar-refractivity contribution in [3.05, 3.63) is 202 Å². The number of fused-ring (bicyclic) bond motifs is 5. The van der Waals surface area contributed by atoms with Crippen molar-refractivity contribution in [2.45, 2.75) is 104 Å². The molecule has 1 atom stereocenters. The molecule has 0 saturated carbocycles. The molecule has 0 aliphatic heterocycles. The van der Waals surface area contributed by atoms with Gasteiger partial charge in [-0.3, -0.25) is 0 Å². The van der Waals surface area contributed by atoms with Gasteiger partial charge in [0.15, 0.2) is 0 Å². The molecular weight excluding hydrogens is 1040 g/mol. The second-order valence-electron chi connectivity index (χ2n) is 22.4. The van der Waals surface area contributed by atoms with Gasteiger partial charge in [-0.2, -0.15) is 0 Å². The number of nitrogens with zero attached hydrogens (tertiary/aromatic N) is 4. The molecule has 7 aromatic carbocycles. The van der Waals surface area contributed by atoms with Crippen LogP contribution in [-0.4, -0.2) is 18.7 Å². The summed E-state index contributed by atoms with van der Waals surface area (Å²) in [7, 11) is 0. The monoisotopic (exact) mass is 1100 g/mol. The summed E-state index contributed by atoms with van der Waals surface area (Å²) in [6.07, 6.45) is 5.10. The van der Waals surface area contributed by atoms with E-state index in [4.69, 9.17) is 9.72 Å². The summed E-state index contributed by atoms with van der Waals surface area (Å²) in [6, 6.07) is 60.5. The van der Waals surface area contributed by atoms with E-state index < -0.39 is 0 Å². The Bertz CT molecular complexity index is 3670. The molecule has 0 amide bonds. The van der Waals surface area contributed by atoms with Gasteiger partial charge in [0.25, 0.3) is 0 Å². The van der Waals surface area contributed by atoms with E-state index in [0.717, 1.165) is 47.6 Å². The molecule has 0 radical (unpaired) electrons. The Morgan fingerprint density at radius 2 is 1.13 bits per heavy atom. The Morgan fingerprint density at radius 1 is 0.514 bits per heavy atom. The number of benzene rings is 7. The quantitative estimate of drug-likeness (QED) is 0.159. The van der Waals surface area contributed by atoms with Crippen molar-refractivity contribution >= 4 is 32.8 Å². The molecule has 70 heavy (non-hydrogen) atoms. The zero-order valence-electron chi connectivity index (χ0n) is 41.9. The summed E-state index contributed by atoms with van der Waals surface area (Å²) in [5.41, 5.74) is 17.2. The number of aromatic nitrogens is 4. The fourth-order valence-electron chi connectivity index (χ4n) is 10.6. The molecule has 0 bridgehead atoms. The van der Waals surface area contributed by atoms with E-state index in [-0.39, 0.29) is 22.3 Å². The predicted octanol–water partition coefficient (Wildman–Crippen LogP) is 16.9. The first-order valence-corrected chi connectivity index (χ1v) is 26.0. The van der Waals surface area contributed by atoms with Crippen molar-refractivity contribution in [3.8, 4) is 45.3 Å². The number of para-hydroxylation sites is 4. The van der Waals surface area contributed by atoms with E-state index in [9.17, 15) is 0 Å². The van der Waals surface area contributed by atoms with E-state index in [2.05, 4.69) is 259 Å². The molecule has 0 fully saturated rings. The number of pyridine rings is 1. The molecule has 5 nitrogen and oxygen atoms in total.